The van der Waals surface area contributed by atoms with Crippen LogP contribution in [-0.4, -0.2) is 49.8 Å². The molecule has 144 valence electrons. The van der Waals surface area contributed by atoms with Gasteiger partial charge in [0.15, 0.2) is 6.10 Å². The van der Waals surface area contributed by atoms with Crippen LogP contribution in [0, 0.1) is 6.92 Å². The van der Waals surface area contributed by atoms with Crippen LogP contribution in [0.3, 0.4) is 0 Å². The van der Waals surface area contributed by atoms with Crippen molar-refractivity contribution in [3.63, 3.8) is 0 Å². The smallest absolute Gasteiger partial charge is 0.339 e. The topological polar surface area (TPSA) is 136 Å². The molecule has 3 amide bonds. The largest absolute Gasteiger partial charge is 0.449 e. The fourth-order valence-electron chi connectivity index (χ4n) is 2.19. The third-order valence-electron chi connectivity index (χ3n) is 3.67. The number of carbonyl (C=O) groups is 3. The zero-order valence-corrected chi connectivity index (χ0v) is 15.9. The Morgan fingerprint density at radius 1 is 1.23 bits per heavy atom. The second-order valence-corrected chi connectivity index (χ2v) is 7.41. The molecule has 0 aliphatic carbocycles. The summed E-state index contributed by atoms with van der Waals surface area (Å²) in [5, 5.41) is 1.80. The van der Waals surface area contributed by atoms with Gasteiger partial charge in [0, 0.05) is 13.1 Å². The molecule has 0 aromatic heterocycles. The van der Waals surface area contributed by atoms with Gasteiger partial charge in [0.25, 0.3) is 5.91 Å². The maximum Gasteiger partial charge on any atom is 0.339 e. The Hall–Kier alpha value is -2.46. The van der Waals surface area contributed by atoms with Gasteiger partial charge in [0.05, 0.1) is 10.5 Å². The standard InChI is InChI=1S/C16H23N3O6S/c1-5-19(6-2)26(23,24)12-8-7-10(3)13(9-12)15(21)25-11(4)14(20)18-16(17)22/h7-9,11H,5-6H2,1-4H3,(H3,17,18,20,22)/t11-/m0/s1. The number of sulfonamides is 1. The first-order chi connectivity index (χ1) is 12.0. The van der Waals surface area contributed by atoms with Gasteiger partial charge in [-0.25, -0.2) is 18.0 Å². The second-order valence-electron chi connectivity index (χ2n) is 5.47. The Morgan fingerprint density at radius 3 is 2.31 bits per heavy atom. The summed E-state index contributed by atoms with van der Waals surface area (Å²) in [5.74, 6) is -1.76. The molecule has 1 aromatic carbocycles. The molecule has 0 saturated carbocycles. The summed E-state index contributed by atoms with van der Waals surface area (Å²) in [5.41, 5.74) is 5.33. The van der Waals surface area contributed by atoms with E-state index in [9.17, 15) is 22.8 Å². The number of hydrogen-bond acceptors (Lipinski definition) is 6. The number of esters is 1. The quantitative estimate of drug-likeness (QED) is 0.665. The van der Waals surface area contributed by atoms with Crippen molar-refractivity contribution in [2.24, 2.45) is 5.73 Å². The first-order valence-corrected chi connectivity index (χ1v) is 9.40. The van der Waals surface area contributed by atoms with E-state index in [-0.39, 0.29) is 23.5 Å². The molecule has 0 aliphatic heterocycles. The van der Waals surface area contributed by atoms with E-state index < -0.39 is 34.0 Å². The highest BCUT2D eigenvalue weighted by Crippen LogP contribution is 2.20. The molecule has 0 radical (unpaired) electrons. The molecule has 0 bridgehead atoms. The van der Waals surface area contributed by atoms with Crippen LogP contribution in [0.15, 0.2) is 23.1 Å². The summed E-state index contributed by atoms with van der Waals surface area (Å²) in [4.78, 5) is 34.6. The van der Waals surface area contributed by atoms with Crippen LogP contribution < -0.4 is 11.1 Å². The number of urea groups is 1. The van der Waals surface area contributed by atoms with E-state index in [4.69, 9.17) is 10.5 Å². The number of nitrogens with two attached hydrogens (primary N) is 1. The first-order valence-electron chi connectivity index (χ1n) is 7.96. The van der Waals surface area contributed by atoms with Crippen molar-refractivity contribution in [3.8, 4) is 0 Å². The molecule has 9 nitrogen and oxygen atoms in total. The number of hydrogen-bond donors (Lipinski definition) is 2. The van der Waals surface area contributed by atoms with Gasteiger partial charge in [-0.2, -0.15) is 4.31 Å². The lowest BCUT2D eigenvalue weighted by atomic mass is 10.1. The van der Waals surface area contributed by atoms with Crippen molar-refractivity contribution in [2.75, 3.05) is 13.1 Å². The second kappa shape index (κ2) is 8.77. The van der Waals surface area contributed by atoms with Gasteiger partial charge < -0.3 is 10.5 Å². The zero-order chi connectivity index (χ0) is 20.1. The maximum absolute atomic E-state index is 12.6. The maximum atomic E-state index is 12.6. The van der Waals surface area contributed by atoms with Crippen molar-refractivity contribution in [2.45, 2.75) is 38.7 Å². The summed E-state index contributed by atoms with van der Waals surface area (Å²) < 4.78 is 31.4. The van der Waals surface area contributed by atoms with E-state index in [1.54, 1.807) is 26.1 Å². The molecule has 10 heteroatoms. The van der Waals surface area contributed by atoms with Crippen LogP contribution in [0.1, 0.15) is 36.7 Å². The van der Waals surface area contributed by atoms with Crippen LogP contribution in [0.25, 0.3) is 0 Å². The minimum Gasteiger partial charge on any atom is -0.449 e. The van der Waals surface area contributed by atoms with Crippen LogP contribution in [-0.2, 0) is 19.6 Å². The van der Waals surface area contributed by atoms with Gasteiger partial charge in [-0.1, -0.05) is 19.9 Å². The Kier molecular flexibility index (Phi) is 7.28. The highest BCUT2D eigenvalue weighted by Gasteiger charge is 2.25. The molecular weight excluding hydrogens is 362 g/mol. The lowest BCUT2D eigenvalue weighted by Gasteiger charge is -2.19. The van der Waals surface area contributed by atoms with Gasteiger partial charge in [0.1, 0.15) is 0 Å². The molecule has 0 unspecified atom stereocenters. The molecule has 1 aromatic rings. The van der Waals surface area contributed by atoms with Crippen LogP contribution in [0.2, 0.25) is 0 Å². The third kappa shape index (κ3) is 5.02. The van der Waals surface area contributed by atoms with Gasteiger partial charge in [-0.15, -0.1) is 0 Å². The number of rotatable bonds is 7. The highest BCUT2D eigenvalue weighted by atomic mass is 32.2. The number of primary amides is 1. The monoisotopic (exact) mass is 385 g/mol. The van der Waals surface area contributed by atoms with E-state index in [0.29, 0.717) is 5.56 Å². The van der Waals surface area contributed by atoms with Crippen LogP contribution >= 0.6 is 0 Å². The molecule has 0 heterocycles. The number of nitrogens with zero attached hydrogens (tertiary/aromatic N) is 1. The minimum absolute atomic E-state index is 0.0111. The van der Waals surface area contributed by atoms with E-state index in [1.807, 2.05) is 0 Å². The van der Waals surface area contributed by atoms with Gasteiger partial charge >= 0.3 is 12.0 Å². The number of carbonyl (C=O) groups excluding carboxylic acids is 3. The van der Waals surface area contributed by atoms with Crippen LogP contribution in [0.4, 0.5) is 4.79 Å². The van der Waals surface area contributed by atoms with E-state index in [0.717, 1.165) is 0 Å². The molecule has 26 heavy (non-hydrogen) atoms. The number of imide groups is 1. The average molecular weight is 385 g/mol. The van der Waals surface area contributed by atoms with Crippen LogP contribution in [0.5, 0.6) is 0 Å². The third-order valence-corrected chi connectivity index (χ3v) is 5.72. The molecule has 0 fully saturated rings. The Bertz CT molecular complexity index is 802. The van der Waals surface area contributed by atoms with Gasteiger partial charge in [0.2, 0.25) is 10.0 Å². The minimum atomic E-state index is -3.75. The van der Waals surface area contributed by atoms with E-state index in [2.05, 4.69) is 0 Å². The number of ether oxygens (including phenoxy) is 1. The molecule has 0 aliphatic rings. The number of aryl methyl sites for hydroxylation is 1. The number of nitrogens with one attached hydrogen (secondary N) is 1. The van der Waals surface area contributed by atoms with Crippen molar-refractivity contribution in [1.29, 1.82) is 0 Å². The van der Waals surface area contributed by atoms with E-state index >= 15 is 0 Å². The van der Waals surface area contributed by atoms with Crippen molar-refractivity contribution < 1.29 is 27.5 Å². The van der Waals surface area contributed by atoms with E-state index in [1.165, 1.54) is 29.4 Å². The van der Waals surface area contributed by atoms with Crippen molar-refractivity contribution in [3.05, 3.63) is 29.3 Å². The van der Waals surface area contributed by atoms with Crippen molar-refractivity contribution >= 4 is 27.9 Å². The fourth-order valence-corrected chi connectivity index (χ4v) is 3.68. The Balaban J connectivity index is 3.12. The summed E-state index contributed by atoms with van der Waals surface area (Å²) in [6.45, 7) is 6.88. The summed E-state index contributed by atoms with van der Waals surface area (Å²) in [7, 11) is -3.75. The molecule has 1 rings (SSSR count). The lowest BCUT2D eigenvalue weighted by molar-refractivity contribution is -0.127. The molecule has 0 saturated heterocycles. The molecular formula is C16H23N3O6S. The average Bonchev–Trinajstić information content (AvgIpc) is 2.55. The molecule has 1 atom stereocenters. The first kappa shape index (κ1) is 21.6. The Morgan fingerprint density at radius 2 is 1.81 bits per heavy atom. The summed E-state index contributed by atoms with van der Waals surface area (Å²) in [6, 6.07) is 3.04. The predicted octanol–water partition coefficient (Wildman–Crippen LogP) is 0.766. The summed E-state index contributed by atoms with van der Waals surface area (Å²) in [6.07, 6.45) is -1.28. The molecule has 0 spiro atoms. The lowest BCUT2D eigenvalue weighted by Crippen LogP contribution is -2.42. The Labute approximate surface area is 152 Å². The predicted molar refractivity (Wildman–Crippen MR) is 93.9 cm³/mol. The van der Waals surface area contributed by atoms with Gasteiger partial charge in [-0.3, -0.25) is 10.1 Å². The van der Waals surface area contributed by atoms with Gasteiger partial charge in [-0.05, 0) is 31.5 Å². The number of amides is 3. The van der Waals surface area contributed by atoms with Crippen molar-refractivity contribution in [1.82, 2.24) is 9.62 Å². The zero-order valence-electron chi connectivity index (χ0n) is 15.1. The number of benzene rings is 1. The SMILES string of the molecule is CCN(CC)S(=O)(=O)c1ccc(C)c(C(=O)O[C@@H](C)C(=O)NC(N)=O)c1. The fraction of sp³-hybridized carbons (Fsp3) is 0.438. The normalized spacial score (nSPS) is 12.5. The highest BCUT2D eigenvalue weighted by molar-refractivity contribution is 7.89. The molecule has 3 N–H and O–H groups in total. The summed E-state index contributed by atoms with van der Waals surface area (Å²) >= 11 is 0.